The number of rotatable bonds is 8. The van der Waals surface area contributed by atoms with Gasteiger partial charge >= 0.3 is 0 Å². The van der Waals surface area contributed by atoms with Gasteiger partial charge in [-0.25, -0.2) is 0 Å². The van der Waals surface area contributed by atoms with Crippen LogP contribution in [0.1, 0.15) is 33.1 Å². The summed E-state index contributed by atoms with van der Waals surface area (Å²) in [5.74, 6) is 0.101. The van der Waals surface area contributed by atoms with Crippen molar-refractivity contribution in [2.24, 2.45) is 11.5 Å². The zero-order chi connectivity index (χ0) is 11.0. The van der Waals surface area contributed by atoms with Gasteiger partial charge in [-0.05, 0) is 32.9 Å². The molecule has 0 aromatic heterocycles. The fourth-order valence-electron chi connectivity index (χ4n) is 1.40. The van der Waals surface area contributed by atoms with E-state index >= 15 is 0 Å². The molecular formula is C10H23N3O. The molecule has 0 aliphatic heterocycles. The Bertz CT molecular complexity index is 159. The Hall–Kier alpha value is -0.450. The lowest BCUT2D eigenvalue weighted by molar-refractivity contribution is -0.122. The first-order valence-corrected chi connectivity index (χ1v) is 5.36. The minimum absolute atomic E-state index is 0.0912. The van der Waals surface area contributed by atoms with E-state index in [0.29, 0.717) is 6.54 Å². The molecule has 0 spiro atoms. The van der Waals surface area contributed by atoms with Crippen molar-refractivity contribution >= 4 is 5.78 Å². The van der Waals surface area contributed by atoms with Crippen molar-refractivity contribution in [3.8, 4) is 0 Å². The third kappa shape index (κ3) is 5.32. The predicted molar refractivity (Wildman–Crippen MR) is 59.0 cm³/mol. The number of hydrogen-bond donors (Lipinski definition) is 3. The minimum Gasteiger partial charge on any atom is -0.330 e. The van der Waals surface area contributed by atoms with E-state index in [0.717, 1.165) is 25.8 Å². The highest BCUT2D eigenvalue weighted by Crippen LogP contribution is 2.03. The molecule has 4 heteroatoms. The molecule has 0 radical (unpaired) electrons. The van der Waals surface area contributed by atoms with E-state index in [1.54, 1.807) is 6.92 Å². The molecule has 0 saturated heterocycles. The molecule has 0 aliphatic rings. The summed E-state index contributed by atoms with van der Waals surface area (Å²) < 4.78 is 0. The smallest absolute Gasteiger partial charge is 0.166 e. The van der Waals surface area contributed by atoms with Crippen LogP contribution < -0.4 is 16.8 Å². The first-order chi connectivity index (χ1) is 6.63. The molecule has 0 bridgehead atoms. The lowest BCUT2D eigenvalue weighted by Gasteiger charge is -2.18. The van der Waals surface area contributed by atoms with Gasteiger partial charge in [0.05, 0.1) is 12.1 Å². The number of ketones is 1. The predicted octanol–water partition coefficient (Wildman–Crippen LogP) is 0.00980. The second-order valence-corrected chi connectivity index (χ2v) is 3.59. The third-order valence-electron chi connectivity index (χ3n) is 2.19. The maximum absolute atomic E-state index is 11.6. The number of Topliss-reactive ketones (excluding diaryl/α,β-unsaturated/α-hetero) is 1. The number of carbonyl (C=O) groups excluding carboxylic acids is 1. The van der Waals surface area contributed by atoms with Crippen LogP contribution in [0, 0.1) is 0 Å². The highest BCUT2D eigenvalue weighted by Gasteiger charge is 2.19. The molecule has 0 aromatic carbocycles. The molecule has 0 heterocycles. The van der Waals surface area contributed by atoms with Crippen LogP contribution in [0.2, 0.25) is 0 Å². The van der Waals surface area contributed by atoms with Gasteiger partial charge in [0, 0.05) is 0 Å². The lowest BCUT2D eigenvalue weighted by atomic mass is 10.0. The number of carbonyl (C=O) groups is 1. The topological polar surface area (TPSA) is 81.1 Å². The highest BCUT2D eigenvalue weighted by atomic mass is 16.1. The molecule has 0 rings (SSSR count). The Balaban J connectivity index is 3.94. The molecule has 0 fully saturated rings. The SMILES string of the molecule is CCNC(CCCCN)C(=O)C(C)N. The maximum atomic E-state index is 11.6. The van der Waals surface area contributed by atoms with Crippen molar-refractivity contribution in [3.05, 3.63) is 0 Å². The minimum atomic E-state index is -0.378. The molecule has 0 amide bonds. The summed E-state index contributed by atoms with van der Waals surface area (Å²) in [7, 11) is 0. The van der Waals surface area contributed by atoms with Crippen LogP contribution in [-0.4, -0.2) is 31.0 Å². The zero-order valence-corrected chi connectivity index (χ0v) is 9.25. The average Bonchev–Trinajstić information content (AvgIpc) is 2.15. The zero-order valence-electron chi connectivity index (χ0n) is 9.25. The fourth-order valence-corrected chi connectivity index (χ4v) is 1.40. The van der Waals surface area contributed by atoms with Crippen LogP contribution in [0.15, 0.2) is 0 Å². The van der Waals surface area contributed by atoms with Crippen LogP contribution in [0.25, 0.3) is 0 Å². The van der Waals surface area contributed by atoms with Crippen molar-refractivity contribution in [1.82, 2.24) is 5.32 Å². The van der Waals surface area contributed by atoms with Crippen molar-refractivity contribution < 1.29 is 4.79 Å². The standard InChI is InChI=1S/C10H23N3O/c1-3-13-9(6-4-5-7-11)10(14)8(2)12/h8-9,13H,3-7,11-12H2,1-2H3. The van der Waals surface area contributed by atoms with Gasteiger partial charge in [0.2, 0.25) is 0 Å². The van der Waals surface area contributed by atoms with E-state index < -0.39 is 0 Å². The molecule has 5 N–H and O–H groups in total. The third-order valence-corrected chi connectivity index (χ3v) is 2.19. The largest absolute Gasteiger partial charge is 0.330 e. The van der Waals surface area contributed by atoms with Crippen molar-refractivity contribution in [1.29, 1.82) is 0 Å². The molecular weight excluding hydrogens is 178 g/mol. The molecule has 0 aliphatic carbocycles. The van der Waals surface area contributed by atoms with Gasteiger partial charge in [-0.3, -0.25) is 4.79 Å². The Kier molecular flexibility index (Phi) is 7.65. The van der Waals surface area contributed by atoms with Gasteiger partial charge in [-0.15, -0.1) is 0 Å². The summed E-state index contributed by atoms with van der Waals surface area (Å²) >= 11 is 0. The van der Waals surface area contributed by atoms with Crippen LogP contribution in [0.5, 0.6) is 0 Å². The Labute approximate surface area is 86.4 Å². The molecule has 0 aromatic rings. The van der Waals surface area contributed by atoms with Gasteiger partial charge in [-0.2, -0.15) is 0 Å². The van der Waals surface area contributed by atoms with Gasteiger partial charge in [-0.1, -0.05) is 13.3 Å². The Morgan fingerprint density at radius 1 is 1.43 bits per heavy atom. The van der Waals surface area contributed by atoms with E-state index in [1.807, 2.05) is 6.92 Å². The molecule has 2 unspecified atom stereocenters. The molecule has 14 heavy (non-hydrogen) atoms. The van der Waals surface area contributed by atoms with Crippen molar-refractivity contribution in [2.45, 2.75) is 45.2 Å². The van der Waals surface area contributed by atoms with E-state index in [9.17, 15) is 4.79 Å². The first kappa shape index (κ1) is 13.5. The van der Waals surface area contributed by atoms with E-state index in [-0.39, 0.29) is 17.9 Å². The van der Waals surface area contributed by atoms with Gasteiger partial charge in [0.1, 0.15) is 0 Å². The summed E-state index contributed by atoms with van der Waals surface area (Å²) in [6.45, 7) is 5.21. The average molecular weight is 201 g/mol. The number of hydrogen-bond acceptors (Lipinski definition) is 4. The van der Waals surface area contributed by atoms with Crippen molar-refractivity contribution in [2.75, 3.05) is 13.1 Å². The van der Waals surface area contributed by atoms with Crippen LogP contribution >= 0.6 is 0 Å². The summed E-state index contributed by atoms with van der Waals surface area (Å²) in [4.78, 5) is 11.6. The summed E-state index contributed by atoms with van der Waals surface area (Å²) in [5.41, 5.74) is 11.0. The van der Waals surface area contributed by atoms with Gasteiger partial charge < -0.3 is 16.8 Å². The van der Waals surface area contributed by atoms with E-state index in [4.69, 9.17) is 11.5 Å². The number of unbranched alkanes of at least 4 members (excludes halogenated alkanes) is 1. The lowest BCUT2D eigenvalue weighted by Crippen LogP contribution is -2.44. The number of likely N-dealkylation sites (N-methyl/N-ethyl adjacent to an activating group) is 1. The summed E-state index contributed by atoms with van der Waals surface area (Å²) in [6, 6.07) is -0.469. The number of nitrogens with two attached hydrogens (primary N) is 2. The van der Waals surface area contributed by atoms with Crippen LogP contribution in [-0.2, 0) is 4.79 Å². The second-order valence-electron chi connectivity index (χ2n) is 3.59. The Morgan fingerprint density at radius 2 is 2.07 bits per heavy atom. The van der Waals surface area contributed by atoms with Gasteiger partial charge in [0.15, 0.2) is 5.78 Å². The van der Waals surface area contributed by atoms with Gasteiger partial charge in [0.25, 0.3) is 0 Å². The molecule has 84 valence electrons. The first-order valence-electron chi connectivity index (χ1n) is 5.36. The van der Waals surface area contributed by atoms with E-state index in [1.165, 1.54) is 0 Å². The summed E-state index contributed by atoms with van der Waals surface area (Å²) in [5, 5.41) is 3.15. The normalized spacial score (nSPS) is 15.1. The molecule has 4 nitrogen and oxygen atoms in total. The van der Waals surface area contributed by atoms with E-state index in [2.05, 4.69) is 5.32 Å². The van der Waals surface area contributed by atoms with Crippen LogP contribution in [0.4, 0.5) is 0 Å². The Morgan fingerprint density at radius 3 is 2.50 bits per heavy atom. The van der Waals surface area contributed by atoms with Crippen molar-refractivity contribution in [3.63, 3.8) is 0 Å². The fraction of sp³-hybridized carbons (Fsp3) is 0.900. The second kappa shape index (κ2) is 7.91. The molecule has 0 saturated carbocycles. The summed E-state index contributed by atoms with van der Waals surface area (Å²) in [6.07, 6.45) is 2.78. The number of nitrogens with one attached hydrogen (secondary N) is 1. The quantitative estimate of drug-likeness (QED) is 0.483. The van der Waals surface area contributed by atoms with Crippen LogP contribution in [0.3, 0.4) is 0 Å². The maximum Gasteiger partial charge on any atom is 0.166 e. The monoisotopic (exact) mass is 201 g/mol. The molecule has 2 atom stereocenters. The highest BCUT2D eigenvalue weighted by molar-refractivity contribution is 5.88.